The zero-order chi connectivity index (χ0) is 10.2. The number of anilines is 1. The van der Waals surface area contributed by atoms with Crippen molar-refractivity contribution >= 4 is 5.69 Å². The van der Waals surface area contributed by atoms with Gasteiger partial charge >= 0.3 is 0 Å². The number of aliphatic hydroxyl groups is 1. The molecule has 1 aromatic rings. The Hall–Kier alpha value is -1.06. The first kappa shape index (κ1) is 11.0. The Kier molecular flexibility index (Phi) is 5.04. The fourth-order valence-corrected chi connectivity index (χ4v) is 1.17. The lowest BCUT2D eigenvalue weighted by molar-refractivity contribution is 0.0410. The van der Waals surface area contributed by atoms with E-state index in [0.717, 1.165) is 18.5 Å². The SMILES string of the molecule is CCC[C@@H](CO)ONc1ccccc1. The van der Waals surface area contributed by atoms with Gasteiger partial charge in [-0.25, -0.2) is 0 Å². The number of benzene rings is 1. The van der Waals surface area contributed by atoms with Gasteiger partial charge in [0.05, 0.1) is 12.3 Å². The highest BCUT2D eigenvalue weighted by molar-refractivity contribution is 5.39. The zero-order valence-corrected chi connectivity index (χ0v) is 8.44. The van der Waals surface area contributed by atoms with E-state index in [1.807, 2.05) is 30.3 Å². The van der Waals surface area contributed by atoms with E-state index < -0.39 is 0 Å². The summed E-state index contributed by atoms with van der Waals surface area (Å²) in [5.74, 6) is 0. The molecule has 0 aliphatic carbocycles. The molecular weight excluding hydrogens is 178 g/mol. The van der Waals surface area contributed by atoms with Gasteiger partial charge in [-0.2, -0.15) is 0 Å². The highest BCUT2D eigenvalue weighted by atomic mass is 16.7. The minimum atomic E-state index is -0.125. The molecule has 78 valence electrons. The van der Waals surface area contributed by atoms with Gasteiger partial charge in [0.15, 0.2) is 0 Å². The predicted octanol–water partition coefficient (Wildman–Crippen LogP) is 2.19. The molecule has 0 bridgehead atoms. The fourth-order valence-electron chi connectivity index (χ4n) is 1.17. The zero-order valence-electron chi connectivity index (χ0n) is 8.44. The molecule has 1 aromatic carbocycles. The van der Waals surface area contributed by atoms with Crippen LogP contribution < -0.4 is 5.48 Å². The molecule has 1 rings (SSSR count). The molecule has 0 unspecified atom stereocenters. The molecular formula is C11H17NO2. The van der Waals surface area contributed by atoms with Crippen LogP contribution in [-0.2, 0) is 4.84 Å². The molecule has 0 fully saturated rings. The lowest BCUT2D eigenvalue weighted by Crippen LogP contribution is -2.20. The van der Waals surface area contributed by atoms with Crippen molar-refractivity contribution < 1.29 is 9.94 Å². The fraction of sp³-hybridized carbons (Fsp3) is 0.455. The van der Waals surface area contributed by atoms with Crippen LogP contribution >= 0.6 is 0 Å². The van der Waals surface area contributed by atoms with Gasteiger partial charge in [-0.1, -0.05) is 31.5 Å². The van der Waals surface area contributed by atoms with Crippen LogP contribution in [0.4, 0.5) is 5.69 Å². The highest BCUT2D eigenvalue weighted by Crippen LogP contribution is 2.07. The van der Waals surface area contributed by atoms with Crippen LogP contribution in [0.15, 0.2) is 30.3 Å². The van der Waals surface area contributed by atoms with Crippen molar-refractivity contribution in [2.45, 2.75) is 25.9 Å². The molecule has 0 aliphatic heterocycles. The molecule has 0 saturated heterocycles. The molecule has 2 N–H and O–H groups in total. The van der Waals surface area contributed by atoms with E-state index in [1.165, 1.54) is 0 Å². The minimum absolute atomic E-state index is 0.0493. The molecule has 0 saturated carbocycles. The van der Waals surface area contributed by atoms with Crippen molar-refractivity contribution in [2.24, 2.45) is 0 Å². The average molecular weight is 195 g/mol. The second-order valence-corrected chi connectivity index (χ2v) is 3.18. The van der Waals surface area contributed by atoms with Crippen molar-refractivity contribution in [3.8, 4) is 0 Å². The average Bonchev–Trinajstić information content (AvgIpc) is 2.25. The van der Waals surface area contributed by atoms with Crippen molar-refractivity contribution in [3.05, 3.63) is 30.3 Å². The summed E-state index contributed by atoms with van der Waals surface area (Å²) >= 11 is 0. The largest absolute Gasteiger partial charge is 0.394 e. The van der Waals surface area contributed by atoms with Gasteiger partial charge < -0.3 is 5.11 Å². The molecule has 0 heterocycles. The monoisotopic (exact) mass is 195 g/mol. The molecule has 3 nitrogen and oxygen atoms in total. The number of nitrogens with one attached hydrogen (secondary N) is 1. The lowest BCUT2D eigenvalue weighted by atomic mass is 10.2. The first-order valence-electron chi connectivity index (χ1n) is 4.94. The summed E-state index contributed by atoms with van der Waals surface area (Å²) in [5.41, 5.74) is 3.73. The van der Waals surface area contributed by atoms with E-state index in [-0.39, 0.29) is 12.7 Å². The van der Waals surface area contributed by atoms with Crippen LogP contribution in [0.25, 0.3) is 0 Å². The van der Waals surface area contributed by atoms with Crippen LogP contribution in [0.1, 0.15) is 19.8 Å². The van der Waals surface area contributed by atoms with E-state index in [2.05, 4.69) is 12.4 Å². The molecule has 0 amide bonds. The maximum Gasteiger partial charge on any atom is 0.108 e. The second-order valence-electron chi connectivity index (χ2n) is 3.18. The third kappa shape index (κ3) is 3.77. The highest BCUT2D eigenvalue weighted by Gasteiger charge is 2.05. The summed E-state index contributed by atoms with van der Waals surface area (Å²) in [4.78, 5) is 5.32. The van der Waals surface area contributed by atoms with Crippen molar-refractivity contribution in [1.82, 2.24) is 0 Å². The molecule has 14 heavy (non-hydrogen) atoms. The summed E-state index contributed by atoms with van der Waals surface area (Å²) in [6.07, 6.45) is 1.73. The van der Waals surface area contributed by atoms with Crippen LogP contribution in [0.2, 0.25) is 0 Å². The van der Waals surface area contributed by atoms with E-state index >= 15 is 0 Å². The Labute approximate surface area is 84.7 Å². The maximum atomic E-state index is 8.97. The Morgan fingerprint density at radius 2 is 2.07 bits per heavy atom. The van der Waals surface area contributed by atoms with Crippen LogP contribution in [-0.4, -0.2) is 17.8 Å². The third-order valence-electron chi connectivity index (χ3n) is 1.93. The topological polar surface area (TPSA) is 41.5 Å². The number of hydrogen-bond donors (Lipinski definition) is 2. The van der Waals surface area contributed by atoms with E-state index in [4.69, 9.17) is 9.94 Å². The number of hydrogen-bond acceptors (Lipinski definition) is 3. The third-order valence-corrected chi connectivity index (χ3v) is 1.93. The second kappa shape index (κ2) is 6.40. The summed E-state index contributed by atoms with van der Waals surface area (Å²) < 4.78 is 0. The van der Waals surface area contributed by atoms with Gasteiger partial charge in [0.1, 0.15) is 6.10 Å². The number of para-hydroxylation sites is 1. The van der Waals surface area contributed by atoms with Crippen molar-refractivity contribution in [1.29, 1.82) is 0 Å². The smallest absolute Gasteiger partial charge is 0.108 e. The Bertz CT molecular complexity index is 238. The molecule has 0 aromatic heterocycles. The van der Waals surface area contributed by atoms with Crippen LogP contribution in [0.5, 0.6) is 0 Å². The van der Waals surface area contributed by atoms with E-state index in [0.29, 0.717) is 0 Å². The van der Waals surface area contributed by atoms with Crippen molar-refractivity contribution in [2.75, 3.05) is 12.1 Å². The Balaban J connectivity index is 2.32. The van der Waals surface area contributed by atoms with E-state index in [1.54, 1.807) is 0 Å². The van der Waals surface area contributed by atoms with Gasteiger partial charge in [-0.05, 0) is 18.6 Å². The van der Waals surface area contributed by atoms with E-state index in [9.17, 15) is 0 Å². The molecule has 0 aliphatic rings. The van der Waals surface area contributed by atoms with Crippen LogP contribution in [0.3, 0.4) is 0 Å². The van der Waals surface area contributed by atoms with Gasteiger partial charge in [0.25, 0.3) is 0 Å². The summed E-state index contributed by atoms with van der Waals surface area (Å²) in [6.45, 7) is 2.11. The summed E-state index contributed by atoms with van der Waals surface area (Å²) in [7, 11) is 0. The normalized spacial score (nSPS) is 12.4. The standard InChI is InChI=1S/C11H17NO2/c1-2-6-11(9-13)14-12-10-7-4-3-5-8-10/h3-5,7-8,11-13H,2,6,9H2,1H3/t11-/m0/s1. The Morgan fingerprint density at radius 1 is 1.36 bits per heavy atom. The number of rotatable bonds is 6. The summed E-state index contributed by atoms with van der Waals surface area (Å²) in [5, 5.41) is 8.97. The van der Waals surface area contributed by atoms with Gasteiger partial charge in [-0.3, -0.25) is 10.3 Å². The van der Waals surface area contributed by atoms with Crippen LogP contribution in [0, 0.1) is 0 Å². The first-order chi connectivity index (χ1) is 6.86. The van der Waals surface area contributed by atoms with Gasteiger partial charge in [0, 0.05) is 0 Å². The van der Waals surface area contributed by atoms with Crippen molar-refractivity contribution in [3.63, 3.8) is 0 Å². The molecule has 0 spiro atoms. The Morgan fingerprint density at radius 3 is 2.64 bits per heavy atom. The number of aliphatic hydroxyl groups excluding tert-OH is 1. The molecule has 0 radical (unpaired) electrons. The maximum absolute atomic E-state index is 8.97. The predicted molar refractivity (Wildman–Crippen MR) is 56.9 cm³/mol. The molecule has 3 heteroatoms. The molecule has 1 atom stereocenters. The van der Waals surface area contributed by atoms with Gasteiger partial charge in [-0.15, -0.1) is 0 Å². The minimum Gasteiger partial charge on any atom is -0.394 e. The summed E-state index contributed by atoms with van der Waals surface area (Å²) in [6, 6.07) is 9.64. The first-order valence-corrected chi connectivity index (χ1v) is 4.94. The lowest BCUT2D eigenvalue weighted by Gasteiger charge is -2.15. The quantitative estimate of drug-likeness (QED) is 0.684. The van der Waals surface area contributed by atoms with Gasteiger partial charge in [0.2, 0.25) is 0 Å².